The van der Waals surface area contributed by atoms with Crippen LogP contribution in [0.3, 0.4) is 0 Å². The van der Waals surface area contributed by atoms with Gasteiger partial charge in [0.1, 0.15) is 5.01 Å². The van der Waals surface area contributed by atoms with Crippen LogP contribution in [0.25, 0.3) is 0 Å². The second-order valence-electron chi connectivity index (χ2n) is 5.26. The van der Waals surface area contributed by atoms with Gasteiger partial charge in [-0.25, -0.2) is 0 Å². The Balaban J connectivity index is 1.85. The van der Waals surface area contributed by atoms with Gasteiger partial charge in [0, 0.05) is 18.5 Å². The first-order valence-corrected chi connectivity index (χ1v) is 7.83. The fourth-order valence-electron chi connectivity index (χ4n) is 2.45. The Bertz CT molecular complexity index is 364. The highest BCUT2D eigenvalue weighted by molar-refractivity contribution is 7.15. The van der Waals surface area contributed by atoms with Gasteiger partial charge in [0.25, 0.3) is 0 Å². The third-order valence-electron chi connectivity index (χ3n) is 3.58. The molecule has 1 aliphatic heterocycles. The lowest BCUT2D eigenvalue weighted by molar-refractivity contribution is 0.164. The first kappa shape index (κ1) is 13.7. The maximum atomic E-state index is 4.21. The number of nitrogens with one attached hydrogen (secondary N) is 1. The molecule has 0 spiro atoms. The van der Waals surface area contributed by atoms with E-state index in [2.05, 4.69) is 41.2 Å². The molecule has 0 bridgehead atoms. The van der Waals surface area contributed by atoms with Gasteiger partial charge in [-0.1, -0.05) is 38.5 Å². The van der Waals surface area contributed by atoms with Gasteiger partial charge in [-0.15, -0.1) is 10.2 Å². The molecule has 0 radical (unpaired) electrons. The number of hydrogen-bond donors (Lipinski definition) is 1. The minimum atomic E-state index is 0.472. The second kappa shape index (κ2) is 6.48. The van der Waals surface area contributed by atoms with E-state index in [0.29, 0.717) is 12.0 Å². The van der Waals surface area contributed by atoms with Crippen LogP contribution in [0, 0.1) is 0 Å². The van der Waals surface area contributed by atoms with Crippen LogP contribution in [-0.2, 0) is 0 Å². The predicted molar refractivity (Wildman–Crippen MR) is 77.4 cm³/mol. The summed E-state index contributed by atoms with van der Waals surface area (Å²) in [5.74, 6) is 0.472. The topological polar surface area (TPSA) is 41.0 Å². The van der Waals surface area contributed by atoms with E-state index in [1.54, 1.807) is 11.3 Å². The van der Waals surface area contributed by atoms with Gasteiger partial charge in [-0.3, -0.25) is 4.90 Å². The highest BCUT2D eigenvalue weighted by Crippen LogP contribution is 2.23. The predicted octanol–water partition coefficient (Wildman–Crippen LogP) is 2.95. The molecule has 102 valence electrons. The molecule has 0 unspecified atom stereocenters. The molecule has 1 atom stereocenters. The Morgan fingerprint density at radius 3 is 2.89 bits per heavy atom. The molecular formula is C13H24N4S. The molecule has 1 aromatic rings. The lowest BCUT2D eigenvalue weighted by atomic mass is 10.0. The molecule has 18 heavy (non-hydrogen) atoms. The number of hydrogen-bond acceptors (Lipinski definition) is 5. The molecule has 2 heterocycles. The normalized spacial score (nSPS) is 21.4. The summed E-state index contributed by atoms with van der Waals surface area (Å²) in [5.41, 5.74) is 0. The summed E-state index contributed by atoms with van der Waals surface area (Å²) < 4.78 is 0. The number of aromatic nitrogens is 2. The van der Waals surface area contributed by atoms with E-state index >= 15 is 0 Å². The molecule has 0 amide bonds. The van der Waals surface area contributed by atoms with Crippen molar-refractivity contribution in [3.05, 3.63) is 5.01 Å². The van der Waals surface area contributed by atoms with Crippen molar-refractivity contribution in [1.82, 2.24) is 15.1 Å². The first-order chi connectivity index (χ1) is 8.70. The van der Waals surface area contributed by atoms with Crippen molar-refractivity contribution in [1.29, 1.82) is 0 Å². The molecule has 1 aromatic heterocycles. The number of nitrogens with zero attached hydrogens (tertiary/aromatic N) is 3. The van der Waals surface area contributed by atoms with Crippen LogP contribution in [0.2, 0.25) is 0 Å². The molecule has 2 rings (SSSR count). The van der Waals surface area contributed by atoms with Gasteiger partial charge in [-0.05, 0) is 25.9 Å². The Hall–Kier alpha value is -0.680. The summed E-state index contributed by atoms with van der Waals surface area (Å²) in [5, 5.41) is 14.0. The Morgan fingerprint density at radius 2 is 2.22 bits per heavy atom. The lowest BCUT2D eigenvalue weighted by Gasteiger charge is -2.34. The maximum Gasteiger partial charge on any atom is 0.205 e. The Kier molecular flexibility index (Phi) is 4.95. The van der Waals surface area contributed by atoms with Gasteiger partial charge < -0.3 is 5.32 Å². The van der Waals surface area contributed by atoms with E-state index in [1.165, 1.54) is 25.8 Å². The second-order valence-corrected chi connectivity index (χ2v) is 6.27. The van der Waals surface area contributed by atoms with Crippen LogP contribution in [-0.4, -0.2) is 40.8 Å². The monoisotopic (exact) mass is 268 g/mol. The van der Waals surface area contributed by atoms with Gasteiger partial charge in [0.15, 0.2) is 0 Å². The third-order valence-corrected chi connectivity index (χ3v) is 4.76. The highest BCUT2D eigenvalue weighted by atomic mass is 32.1. The fourth-order valence-corrected chi connectivity index (χ4v) is 3.20. The lowest BCUT2D eigenvalue weighted by Crippen LogP contribution is -2.43. The van der Waals surface area contributed by atoms with Crippen molar-refractivity contribution >= 4 is 16.5 Å². The van der Waals surface area contributed by atoms with Crippen LogP contribution >= 0.6 is 11.3 Å². The van der Waals surface area contributed by atoms with Crippen molar-refractivity contribution < 1.29 is 0 Å². The smallest absolute Gasteiger partial charge is 0.205 e. The van der Waals surface area contributed by atoms with E-state index in [-0.39, 0.29) is 0 Å². The molecule has 1 fully saturated rings. The molecule has 0 aromatic carbocycles. The molecular weight excluding hydrogens is 244 g/mol. The average molecular weight is 268 g/mol. The fraction of sp³-hybridized carbons (Fsp3) is 0.846. The standard InChI is InChI=1S/C13H24N4S/c1-4-17-8-6-5-7-11(17)9-14-13-16-15-12(18-13)10(2)3/h10-11H,4-9H2,1-3H3,(H,14,16)/t11-/m1/s1. The number of rotatable bonds is 5. The number of likely N-dealkylation sites (N-methyl/N-ethyl adjacent to an activating group) is 1. The molecule has 0 aliphatic carbocycles. The summed E-state index contributed by atoms with van der Waals surface area (Å²) in [7, 11) is 0. The van der Waals surface area contributed by atoms with E-state index in [9.17, 15) is 0 Å². The van der Waals surface area contributed by atoms with E-state index < -0.39 is 0 Å². The summed E-state index contributed by atoms with van der Waals surface area (Å²) in [6.45, 7) is 9.96. The third kappa shape index (κ3) is 3.42. The molecule has 5 heteroatoms. The zero-order chi connectivity index (χ0) is 13.0. The zero-order valence-electron chi connectivity index (χ0n) is 11.6. The summed E-state index contributed by atoms with van der Waals surface area (Å²) in [6.07, 6.45) is 4.01. The van der Waals surface area contributed by atoms with Crippen molar-refractivity contribution in [2.75, 3.05) is 25.0 Å². The van der Waals surface area contributed by atoms with Gasteiger partial charge in [-0.2, -0.15) is 0 Å². The molecule has 4 nitrogen and oxygen atoms in total. The minimum absolute atomic E-state index is 0.472. The van der Waals surface area contributed by atoms with Crippen LogP contribution in [0.1, 0.15) is 51.0 Å². The Labute approximate surface area is 114 Å². The number of anilines is 1. The summed E-state index contributed by atoms with van der Waals surface area (Å²) in [4.78, 5) is 2.57. The maximum absolute atomic E-state index is 4.21. The van der Waals surface area contributed by atoms with Gasteiger partial charge >= 0.3 is 0 Å². The van der Waals surface area contributed by atoms with Crippen molar-refractivity contribution in [2.24, 2.45) is 0 Å². The van der Waals surface area contributed by atoms with Gasteiger partial charge in [0.2, 0.25) is 5.13 Å². The van der Waals surface area contributed by atoms with E-state index in [4.69, 9.17) is 0 Å². The minimum Gasteiger partial charge on any atom is -0.359 e. The average Bonchev–Trinajstić information content (AvgIpc) is 2.85. The molecule has 1 saturated heterocycles. The van der Waals surface area contributed by atoms with E-state index in [1.807, 2.05) is 0 Å². The van der Waals surface area contributed by atoms with Crippen molar-refractivity contribution in [2.45, 2.75) is 52.0 Å². The van der Waals surface area contributed by atoms with Crippen molar-refractivity contribution in [3.63, 3.8) is 0 Å². The van der Waals surface area contributed by atoms with Crippen molar-refractivity contribution in [3.8, 4) is 0 Å². The Morgan fingerprint density at radius 1 is 1.39 bits per heavy atom. The van der Waals surface area contributed by atoms with Gasteiger partial charge in [0.05, 0.1) is 0 Å². The van der Waals surface area contributed by atoms with Crippen LogP contribution in [0.5, 0.6) is 0 Å². The van der Waals surface area contributed by atoms with Crippen LogP contribution in [0.4, 0.5) is 5.13 Å². The largest absolute Gasteiger partial charge is 0.359 e. The van der Waals surface area contributed by atoms with E-state index in [0.717, 1.165) is 23.2 Å². The summed E-state index contributed by atoms with van der Waals surface area (Å²) in [6, 6.07) is 0.662. The SMILES string of the molecule is CCN1CCCC[C@@H]1CNc1nnc(C(C)C)s1. The van der Waals surface area contributed by atoms with Crippen LogP contribution in [0.15, 0.2) is 0 Å². The molecule has 0 saturated carbocycles. The molecule has 1 aliphatic rings. The first-order valence-electron chi connectivity index (χ1n) is 7.02. The molecule has 1 N–H and O–H groups in total. The number of piperidine rings is 1. The quantitative estimate of drug-likeness (QED) is 0.891. The van der Waals surface area contributed by atoms with Crippen LogP contribution < -0.4 is 5.32 Å². The number of likely N-dealkylation sites (tertiary alicyclic amines) is 1. The highest BCUT2D eigenvalue weighted by Gasteiger charge is 2.20. The zero-order valence-corrected chi connectivity index (χ0v) is 12.5. The summed E-state index contributed by atoms with van der Waals surface area (Å²) >= 11 is 1.69.